The van der Waals surface area contributed by atoms with E-state index in [9.17, 15) is 14.4 Å². The number of aromatic carboxylic acids is 2. The molecule has 1 aliphatic rings. The van der Waals surface area contributed by atoms with Crippen molar-refractivity contribution < 1.29 is 29.3 Å². The standard InChI is InChI=1S/C10H10O3.C9H9IO2.C4H8O/c1-6-3-7(2)9(10(12)13)4-8(6)5-11;1-5-3-6(2)8(10)4-7(5)9(11)12;1-2-4-5-3-1/h3-5H,1-2H3,(H,12,13);3-4H,1-2H3,(H,11,12);1-4H2. The molecule has 6 nitrogen and oxygen atoms in total. The lowest BCUT2D eigenvalue weighted by Gasteiger charge is -2.04. The van der Waals surface area contributed by atoms with Gasteiger partial charge in [-0.3, -0.25) is 4.79 Å². The van der Waals surface area contributed by atoms with Gasteiger partial charge < -0.3 is 14.9 Å². The third-order valence-corrected chi connectivity index (χ3v) is 5.70. The molecule has 3 rings (SSSR count). The lowest BCUT2D eigenvalue weighted by molar-refractivity contribution is 0.0685. The largest absolute Gasteiger partial charge is 0.478 e. The summed E-state index contributed by atoms with van der Waals surface area (Å²) in [6.45, 7) is 9.28. The zero-order chi connectivity index (χ0) is 22.8. The lowest BCUT2D eigenvalue weighted by atomic mass is 10.0. The number of hydrogen-bond acceptors (Lipinski definition) is 4. The third kappa shape index (κ3) is 7.87. The van der Waals surface area contributed by atoms with Gasteiger partial charge >= 0.3 is 11.9 Å². The molecule has 2 aromatic carbocycles. The highest BCUT2D eigenvalue weighted by Crippen LogP contribution is 2.17. The predicted molar refractivity (Wildman–Crippen MR) is 124 cm³/mol. The van der Waals surface area contributed by atoms with Crippen LogP contribution in [0.15, 0.2) is 24.3 Å². The maximum Gasteiger partial charge on any atom is 0.335 e. The molecule has 0 saturated carbocycles. The number of carbonyl (C=O) groups excluding carboxylic acids is 1. The van der Waals surface area contributed by atoms with E-state index >= 15 is 0 Å². The molecule has 1 aliphatic heterocycles. The fourth-order valence-electron chi connectivity index (χ4n) is 2.79. The highest BCUT2D eigenvalue weighted by atomic mass is 127. The Kier molecular flexibility index (Phi) is 10.7. The van der Waals surface area contributed by atoms with E-state index in [4.69, 9.17) is 14.9 Å². The predicted octanol–water partition coefficient (Wildman–Crippen LogP) is 5.22. The minimum Gasteiger partial charge on any atom is -0.478 e. The number of hydrogen-bond donors (Lipinski definition) is 2. The van der Waals surface area contributed by atoms with Gasteiger partial charge in [0.1, 0.15) is 6.29 Å². The van der Waals surface area contributed by atoms with E-state index in [0.29, 0.717) is 23.0 Å². The van der Waals surface area contributed by atoms with Crippen molar-refractivity contribution in [1.29, 1.82) is 0 Å². The molecular weight excluding hydrogens is 499 g/mol. The summed E-state index contributed by atoms with van der Waals surface area (Å²) in [6, 6.07) is 6.70. The average Bonchev–Trinajstić information content (AvgIpc) is 3.25. The first-order chi connectivity index (χ1) is 14.1. The number of carboxylic acid groups (broad SMARTS) is 2. The quantitative estimate of drug-likeness (QED) is 0.421. The van der Waals surface area contributed by atoms with E-state index in [1.54, 1.807) is 26.0 Å². The fraction of sp³-hybridized carbons (Fsp3) is 0.348. The SMILES string of the molecule is C1CCOC1.Cc1cc(C)c(C(=O)O)cc1C=O.Cc1cc(C)c(C(=O)O)cc1I. The number of ether oxygens (including phenoxy) is 1. The molecule has 0 bridgehead atoms. The van der Waals surface area contributed by atoms with Crippen molar-refractivity contribution in [2.24, 2.45) is 0 Å². The third-order valence-electron chi connectivity index (χ3n) is 4.53. The van der Waals surface area contributed by atoms with E-state index < -0.39 is 11.9 Å². The summed E-state index contributed by atoms with van der Waals surface area (Å²) in [7, 11) is 0. The summed E-state index contributed by atoms with van der Waals surface area (Å²) in [6.07, 6.45) is 3.22. The van der Waals surface area contributed by atoms with Crippen molar-refractivity contribution in [2.45, 2.75) is 40.5 Å². The van der Waals surface area contributed by atoms with E-state index in [1.165, 1.54) is 18.9 Å². The first-order valence-corrected chi connectivity index (χ1v) is 10.5. The topological polar surface area (TPSA) is 101 Å². The molecular formula is C23H27IO6. The fourth-order valence-corrected chi connectivity index (χ4v) is 3.26. The van der Waals surface area contributed by atoms with Crippen molar-refractivity contribution >= 4 is 40.8 Å². The van der Waals surface area contributed by atoms with Crippen LogP contribution < -0.4 is 0 Å². The second-order valence-electron chi connectivity index (χ2n) is 6.99. The van der Waals surface area contributed by atoms with Crippen molar-refractivity contribution in [3.05, 3.63) is 66.8 Å². The molecule has 2 aromatic rings. The van der Waals surface area contributed by atoms with Crippen molar-refractivity contribution in [2.75, 3.05) is 13.2 Å². The molecule has 1 fully saturated rings. The zero-order valence-electron chi connectivity index (χ0n) is 17.6. The van der Waals surface area contributed by atoms with Crippen LogP contribution in [0, 0.1) is 31.3 Å². The van der Waals surface area contributed by atoms with Crippen LogP contribution in [0.3, 0.4) is 0 Å². The summed E-state index contributed by atoms with van der Waals surface area (Å²) in [5.74, 6) is -1.86. The van der Waals surface area contributed by atoms with E-state index in [1.807, 2.05) is 19.9 Å². The Hall–Kier alpha value is -2.26. The van der Waals surface area contributed by atoms with Crippen molar-refractivity contribution in [3.63, 3.8) is 0 Å². The maximum atomic E-state index is 10.7. The summed E-state index contributed by atoms with van der Waals surface area (Å²) < 4.78 is 5.94. The zero-order valence-corrected chi connectivity index (χ0v) is 19.8. The molecule has 0 spiro atoms. The van der Waals surface area contributed by atoms with Crippen LogP contribution in [-0.4, -0.2) is 41.7 Å². The second kappa shape index (κ2) is 12.4. The summed E-state index contributed by atoms with van der Waals surface area (Å²) in [5.41, 5.74) is 4.44. The van der Waals surface area contributed by atoms with Gasteiger partial charge in [-0.15, -0.1) is 0 Å². The molecule has 30 heavy (non-hydrogen) atoms. The summed E-state index contributed by atoms with van der Waals surface area (Å²) in [4.78, 5) is 31.9. The highest BCUT2D eigenvalue weighted by molar-refractivity contribution is 14.1. The van der Waals surface area contributed by atoms with Crippen LogP contribution in [-0.2, 0) is 4.74 Å². The number of aldehydes is 1. The number of carboxylic acids is 2. The van der Waals surface area contributed by atoms with E-state index in [2.05, 4.69) is 22.6 Å². The Balaban J connectivity index is 0.000000245. The molecule has 1 heterocycles. The normalized spacial score (nSPS) is 12.2. The number of rotatable bonds is 3. The van der Waals surface area contributed by atoms with Crippen LogP contribution in [0.4, 0.5) is 0 Å². The lowest BCUT2D eigenvalue weighted by Crippen LogP contribution is -2.02. The van der Waals surface area contributed by atoms with Gasteiger partial charge in [0, 0.05) is 22.3 Å². The summed E-state index contributed by atoms with van der Waals surface area (Å²) in [5, 5.41) is 17.5. The Morgan fingerprint density at radius 2 is 1.30 bits per heavy atom. The van der Waals surface area contributed by atoms with Gasteiger partial charge in [-0.05, 0) is 97.5 Å². The molecule has 0 radical (unpaired) electrons. The Bertz CT molecular complexity index is 909. The van der Waals surface area contributed by atoms with Gasteiger partial charge in [-0.25, -0.2) is 9.59 Å². The molecule has 0 amide bonds. The van der Waals surface area contributed by atoms with Gasteiger partial charge in [-0.1, -0.05) is 12.1 Å². The number of halogens is 1. The van der Waals surface area contributed by atoms with Crippen molar-refractivity contribution in [3.8, 4) is 0 Å². The molecule has 162 valence electrons. The monoisotopic (exact) mass is 526 g/mol. The van der Waals surface area contributed by atoms with Gasteiger partial charge in [0.15, 0.2) is 0 Å². The van der Waals surface area contributed by atoms with Gasteiger partial charge in [0.05, 0.1) is 11.1 Å². The summed E-state index contributed by atoms with van der Waals surface area (Å²) >= 11 is 2.14. The molecule has 0 aliphatic carbocycles. The van der Waals surface area contributed by atoms with Crippen LogP contribution in [0.25, 0.3) is 0 Å². The second-order valence-corrected chi connectivity index (χ2v) is 8.15. The minimum absolute atomic E-state index is 0.188. The molecule has 2 N–H and O–H groups in total. The smallest absolute Gasteiger partial charge is 0.335 e. The molecule has 0 aromatic heterocycles. The van der Waals surface area contributed by atoms with Gasteiger partial charge in [0.2, 0.25) is 0 Å². The first-order valence-electron chi connectivity index (χ1n) is 9.46. The van der Waals surface area contributed by atoms with Gasteiger partial charge in [0.25, 0.3) is 0 Å². The van der Waals surface area contributed by atoms with Crippen LogP contribution in [0.1, 0.15) is 66.2 Å². The van der Waals surface area contributed by atoms with E-state index in [0.717, 1.165) is 33.5 Å². The number of aryl methyl sites for hydroxylation is 4. The van der Waals surface area contributed by atoms with Crippen LogP contribution in [0.2, 0.25) is 0 Å². The van der Waals surface area contributed by atoms with Crippen molar-refractivity contribution in [1.82, 2.24) is 0 Å². The number of benzene rings is 2. The highest BCUT2D eigenvalue weighted by Gasteiger charge is 2.10. The maximum absolute atomic E-state index is 10.7. The molecule has 7 heteroatoms. The Morgan fingerprint density at radius 1 is 0.833 bits per heavy atom. The van der Waals surface area contributed by atoms with E-state index in [-0.39, 0.29) is 5.56 Å². The number of carbonyl (C=O) groups is 3. The van der Waals surface area contributed by atoms with Crippen LogP contribution >= 0.6 is 22.6 Å². The molecule has 1 saturated heterocycles. The minimum atomic E-state index is -0.999. The Labute approximate surface area is 190 Å². The van der Waals surface area contributed by atoms with Crippen LogP contribution in [0.5, 0.6) is 0 Å². The first kappa shape index (κ1) is 25.8. The Morgan fingerprint density at radius 3 is 1.70 bits per heavy atom. The molecule has 0 atom stereocenters. The average molecular weight is 526 g/mol. The van der Waals surface area contributed by atoms with Gasteiger partial charge in [-0.2, -0.15) is 0 Å². The molecule has 0 unspecified atom stereocenters.